The van der Waals surface area contributed by atoms with Crippen molar-refractivity contribution >= 4 is 11.8 Å². The average molecular weight is 351 g/mol. The molecule has 2 amide bonds. The Balaban J connectivity index is 1.37. The summed E-state index contributed by atoms with van der Waals surface area (Å²) < 4.78 is 0. The van der Waals surface area contributed by atoms with Gasteiger partial charge in [-0.25, -0.2) is 0 Å². The molecule has 1 aromatic heterocycles. The maximum atomic E-state index is 12.4. The van der Waals surface area contributed by atoms with E-state index < -0.39 is 0 Å². The van der Waals surface area contributed by atoms with E-state index in [-0.39, 0.29) is 11.8 Å². The Hall–Kier alpha value is -2.69. The summed E-state index contributed by atoms with van der Waals surface area (Å²) in [6.45, 7) is 2.21. The zero-order valence-electron chi connectivity index (χ0n) is 14.9. The van der Waals surface area contributed by atoms with Crippen LogP contribution in [-0.4, -0.2) is 41.3 Å². The van der Waals surface area contributed by atoms with Crippen molar-refractivity contribution in [2.45, 2.75) is 25.7 Å². The standard InChI is InChI=1S/C21H25N3O2/c25-20(9-8-17-5-2-1-3-6-17)24-13-10-18(11-14-24)15-23-21(26)19-7-4-12-22-16-19/h1-7,12,16,18H,8-11,13-15H2,(H,23,26). The van der Waals surface area contributed by atoms with Crippen LogP contribution in [0.25, 0.3) is 0 Å². The third-order valence-electron chi connectivity index (χ3n) is 4.91. The second-order valence-corrected chi connectivity index (χ2v) is 6.76. The topological polar surface area (TPSA) is 62.3 Å². The molecule has 0 unspecified atom stereocenters. The van der Waals surface area contributed by atoms with E-state index in [1.807, 2.05) is 23.1 Å². The molecule has 0 radical (unpaired) electrons. The molecule has 1 saturated heterocycles. The van der Waals surface area contributed by atoms with Gasteiger partial charge >= 0.3 is 0 Å². The molecule has 3 rings (SSSR count). The van der Waals surface area contributed by atoms with Crippen molar-refractivity contribution in [3.8, 4) is 0 Å². The second-order valence-electron chi connectivity index (χ2n) is 6.76. The van der Waals surface area contributed by atoms with Gasteiger partial charge in [0.25, 0.3) is 5.91 Å². The van der Waals surface area contributed by atoms with Gasteiger partial charge in [-0.15, -0.1) is 0 Å². The predicted octanol–water partition coefficient (Wildman–Crippen LogP) is 2.68. The fourth-order valence-electron chi connectivity index (χ4n) is 3.28. The molecule has 0 atom stereocenters. The van der Waals surface area contributed by atoms with Crippen molar-refractivity contribution in [2.75, 3.05) is 19.6 Å². The molecule has 26 heavy (non-hydrogen) atoms. The number of likely N-dealkylation sites (tertiary alicyclic amines) is 1. The Bertz CT molecular complexity index is 711. The maximum absolute atomic E-state index is 12.4. The summed E-state index contributed by atoms with van der Waals surface area (Å²) in [6, 6.07) is 13.6. The van der Waals surface area contributed by atoms with Crippen LogP contribution in [0.2, 0.25) is 0 Å². The van der Waals surface area contributed by atoms with Crippen LogP contribution in [-0.2, 0) is 11.2 Å². The van der Waals surface area contributed by atoms with E-state index in [4.69, 9.17) is 0 Å². The van der Waals surface area contributed by atoms with Gasteiger partial charge in [-0.2, -0.15) is 0 Å². The number of piperidine rings is 1. The second kappa shape index (κ2) is 9.13. The van der Waals surface area contributed by atoms with Crippen LogP contribution >= 0.6 is 0 Å². The molecule has 1 aliphatic heterocycles. The number of hydrogen-bond acceptors (Lipinski definition) is 3. The van der Waals surface area contributed by atoms with Gasteiger partial charge in [0.1, 0.15) is 0 Å². The maximum Gasteiger partial charge on any atom is 0.252 e. The fourth-order valence-corrected chi connectivity index (χ4v) is 3.28. The molecule has 136 valence electrons. The fraction of sp³-hybridized carbons (Fsp3) is 0.381. The number of nitrogens with one attached hydrogen (secondary N) is 1. The van der Waals surface area contributed by atoms with Gasteiger partial charge in [-0.05, 0) is 42.9 Å². The molecule has 1 N–H and O–H groups in total. The van der Waals surface area contributed by atoms with Crippen molar-refractivity contribution in [3.05, 3.63) is 66.0 Å². The molecule has 1 fully saturated rings. The van der Waals surface area contributed by atoms with Gasteiger partial charge in [0, 0.05) is 38.4 Å². The molecule has 1 aromatic carbocycles. The molecular weight excluding hydrogens is 326 g/mol. The van der Waals surface area contributed by atoms with Crippen LogP contribution < -0.4 is 5.32 Å². The first kappa shape index (κ1) is 18.1. The molecule has 5 nitrogen and oxygen atoms in total. The van der Waals surface area contributed by atoms with E-state index >= 15 is 0 Å². The summed E-state index contributed by atoms with van der Waals surface area (Å²) in [6.07, 6.45) is 6.45. The summed E-state index contributed by atoms with van der Waals surface area (Å²) in [7, 11) is 0. The smallest absolute Gasteiger partial charge is 0.252 e. The van der Waals surface area contributed by atoms with Crippen molar-refractivity contribution < 1.29 is 9.59 Å². The quantitative estimate of drug-likeness (QED) is 0.870. The predicted molar refractivity (Wildman–Crippen MR) is 101 cm³/mol. The Morgan fingerprint density at radius 3 is 2.54 bits per heavy atom. The van der Waals surface area contributed by atoms with Crippen LogP contribution in [0.5, 0.6) is 0 Å². The number of aromatic nitrogens is 1. The largest absolute Gasteiger partial charge is 0.352 e. The van der Waals surface area contributed by atoms with E-state index in [2.05, 4.69) is 22.4 Å². The van der Waals surface area contributed by atoms with Gasteiger partial charge < -0.3 is 10.2 Å². The number of benzene rings is 1. The van der Waals surface area contributed by atoms with Crippen LogP contribution in [0.3, 0.4) is 0 Å². The average Bonchev–Trinajstić information content (AvgIpc) is 2.72. The third-order valence-corrected chi connectivity index (χ3v) is 4.91. The third kappa shape index (κ3) is 5.15. The van der Waals surface area contributed by atoms with Crippen molar-refractivity contribution in [3.63, 3.8) is 0 Å². The van der Waals surface area contributed by atoms with Gasteiger partial charge in [-0.1, -0.05) is 30.3 Å². The minimum atomic E-state index is -0.0838. The van der Waals surface area contributed by atoms with E-state index in [1.165, 1.54) is 5.56 Å². The zero-order chi connectivity index (χ0) is 18.2. The molecular formula is C21H25N3O2. The van der Waals surface area contributed by atoms with E-state index in [0.717, 1.165) is 32.4 Å². The van der Waals surface area contributed by atoms with Crippen molar-refractivity contribution in [1.82, 2.24) is 15.2 Å². The van der Waals surface area contributed by atoms with Crippen LogP contribution in [0.4, 0.5) is 0 Å². The number of rotatable bonds is 6. The molecule has 2 aromatic rings. The van der Waals surface area contributed by atoms with Gasteiger partial charge in [0.05, 0.1) is 5.56 Å². The highest BCUT2D eigenvalue weighted by Gasteiger charge is 2.23. The molecule has 1 aliphatic rings. The Kier molecular flexibility index (Phi) is 6.36. The lowest BCUT2D eigenvalue weighted by molar-refractivity contribution is -0.132. The first-order valence-electron chi connectivity index (χ1n) is 9.22. The number of nitrogens with zero attached hydrogens (tertiary/aromatic N) is 2. The lowest BCUT2D eigenvalue weighted by Crippen LogP contribution is -2.41. The summed E-state index contributed by atoms with van der Waals surface area (Å²) in [4.78, 5) is 30.4. The highest BCUT2D eigenvalue weighted by atomic mass is 16.2. The highest BCUT2D eigenvalue weighted by molar-refractivity contribution is 5.93. The summed E-state index contributed by atoms with van der Waals surface area (Å²) >= 11 is 0. The number of amides is 2. The molecule has 2 heterocycles. The number of carbonyl (C=O) groups is 2. The molecule has 5 heteroatoms. The van der Waals surface area contributed by atoms with Crippen molar-refractivity contribution in [1.29, 1.82) is 0 Å². The Labute approximate surface area is 154 Å². The normalized spacial score (nSPS) is 14.8. The van der Waals surface area contributed by atoms with Crippen LogP contribution in [0, 0.1) is 5.92 Å². The molecule has 0 aliphatic carbocycles. The number of aryl methyl sites for hydroxylation is 1. The number of carbonyl (C=O) groups excluding carboxylic acids is 2. The van der Waals surface area contributed by atoms with Gasteiger partial charge in [0.15, 0.2) is 0 Å². The van der Waals surface area contributed by atoms with Crippen LogP contribution in [0.1, 0.15) is 35.2 Å². The van der Waals surface area contributed by atoms with Gasteiger partial charge in [-0.3, -0.25) is 14.6 Å². The Morgan fingerprint density at radius 2 is 1.85 bits per heavy atom. The minimum Gasteiger partial charge on any atom is -0.352 e. The number of hydrogen-bond donors (Lipinski definition) is 1. The Morgan fingerprint density at radius 1 is 1.08 bits per heavy atom. The first-order chi connectivity index (χ1) is 12.7. The monoisotopic (exact) mass is 351 g/mol. The summed E-state index contributed by atoms with van der Waals surface area (Å²) in [5.41, 5.74) is 1.79. The van der Waals surface area contributed by atoms with Gasteiger partial charge in [0.2, 0.25) is 5.91 Å². The molecule has 0 bridgehead atoms. The zero-order valence-corrected chi connectivity index (χ0v) is 14.9. The molecule has 0 saturated carbocycles. The molecule has 0 spiro atoms. The summed E-state index contributed by atoms with van der Waals surface area (Å²) in [5, 5.41) is 2.98. The summed E-state index contributed by atoms with van der Waals surface area (Å²) in [5.74, 6) is 0.569. The first-order valence-corrected chi connectivity index (χ1v) is 9.22. The van der Waals surface area contributed by atoms with Crippen molar-refractivity contribution in [2.24, 2.45) is 5.92 Å². The van der Waals surface area contributed by atoms with E-state index in [0.29, 0.717) is 24.4 Å². The van der Waals surface area contributed by atoms with E-state index in [1.54, 1.807) is 24.5 Å². The highest BCUT2D eigenvalue weighted by Crippen LogP contribution is 2.18. The SMILES string of the molecule is O=C(NCC1CCN(C(=O)CCc2ccccc2)CC1)c1cccnc1. The number of pyridine rings is 1. The van der Waals surface area contributed by atoms with E-state index in [9.17, 15) is 9.59 Å². The lowest BCUT2D eigenvalue weighted by Gasteiger charge is -2.32. The van der Waals surface area contributed by atoms with Crippen LogP contribution in [0.15, 0.2) is 54.9 Å². The minimum absolute atomic E-state index is 0.0838. The lowest BCUT2D eigenvalue weighted by atomic mass is 9.96.